The van der Waals surface area contributed by atoms with Crippen LogP contribution in [0.25, 0.3) is 5.82 Å². The Morgan fingerprint density at radius 2 is 1.59 bits per heavy atom. The number of aromatic nitrogens is 3. The van der Waals surface area contributed by atoms with E-state index in [-0.39, 0.29) is 5.75 Å². The molecule has 0 saturated carbocycles. The van der Waals surface area contributed by atoms with Crippen LogP contribution in [-0.2, 0) is 0 Å². The molecular formula is C22H17F2N5O3. The summed E-state index contributed by atoms with van der Waals surface area (Å²) in [6.45, 7) is -2.94. The first-order valence-electron chi connectivity index (χ1n) is 9.43. The summed E-state index contributed by atoms with van der Waals surface area (Å²) in [6.07, 6.45) is 3.72. The molecule has 32 heavy (non-hydrogen) atoms. The topological polar surface area (TPSA) is 90.3 Å². The number of urea groups is 1. The maximum absolute atomic E-state index is 12.3. The van der Waals surface area contributed by atoms with Crippen molar-refractivity contribution in [2.75, 3.05) is 10.6 Å². The monoisotopic (exact) mass is 437 g/mol. The van der Waals surface area contributed by atoms with E-state index in [0.717, 1.165) is 0 Å². The number of alkyl halides is 2. The fraction of sp³-hybridized carbons (Fsp3) is 0.0455. The standard InChI is InChI=1S/C22H17F2N5O3/c23-21(24)32-18-5-3-4-16(14-18)26-22(30)25-15-6-8-17(9-7-15)31-20-11-10-19(27-28-20)29-12-1-2-13-29/h1-14,21H,(H2,25,26,30). The molecule has 0 spiro atoms. The number of carbonyl (C=O) groups is 1. The molecule has 162 valence electrons. The van der Waals surface area contributed by atoms with Gasteiger partial charge in [-0.05, 0) is 54.6 Å². The molecule has 0 bridgehead atoms. The van der Waals surface area contributed by atoms with Crippen molar-refractivity contribution >= 4 is 17.4 Å². The van der Waals surface area contributed by atoms with Crippen LogP contribution in [0, 0.1) is 0 Å². The highest BCUT2D eigenvalue weighted by atomic mass is 19.3. The number of carbonyl (C=O) groups excluding carboxylic acids is 1. The van der Waals surface area contributed by atoms with Crippen molar-refractivity contribution in [3.8, 4) is 23.2 Å². The van der Waals surface area contributed by atoms with Crippen molar-refractivity contribution in [2.45, 2.75) is 6.61 Å². The molecule has 0 fully saturated rings. The Balaban J connectivity index is 1.32. The Kier molecular flexibility index (Phi) is 6.21. The minimum atomic E-state index is -2.94. The molecule has 0 saturated heterocycles. The van der Waals surface area contributed by atoms with E-state index in [1.165, 1.54) is 18.2 Å². The lowest BCUT2D eigenvalue weighted by atomic mass is 10.3. The number of nitrogens with zero attached hydrogens (tertiary/aromatic N) is 3. The fourth-order valence-electron chi connectivity index (χ4n) is 2.76. The second-order valence-electron chi connectivity index (χ2n) is 6.43. The predicted octanol–water partition coefficient (Wildman–Crippen LogP) is 5.31. The zero-order chi connectivity index (χ0) is 22.3. The summed E-state index contributed by atoms with van der Waals surface area (Å²) in [7, 11) is 0. The van der Waals surface area contributed by atoms with E-state index >= 15 is 0 Å². The van der Waals surface area contributed by atoms with Crippen LogP contribution in [0.2, 0.25) is 0 Å². The van der Waals surface area contributed by atoms with E-state index < -0.39 is 12.6 Å². The van der Waals surface area contributed by atoms with Gasteiger partial charge in [-0.1, -0.05) is 6.07 Å². The Morgan fingerprint density at radius 3 is 2.28 bits per heavy atom. The molecule has 0 aliphatic heterocycles. The fourth-order valence-corrected chi connectivity index (χ4v) is 2.76. The second-order valence-corrected chi connectivity index (χ2v) is 6.43. The van der Waals surface area contributed by atoms with E-state index in [1.807, 2.05) is 29.1 Å². The number of ether oxygens (including phenoxy) is 2. The number of amides is 2. The van der Waals surface area contributed by atoms with Crippen molar-refractivity contribution in [1.82, 2.24) is 14.8 Å². The van der Waals surface area contributed by atoms with Crippen LogP contribution in [0.15, 0.2) is 85.2 Å². The molecule has 2 N–H and O–H groups in total. The van der Waals surface area contributed by atoms with Gasteiger partial charge in [0.05, 0.1) is 0 Å². The molecule has 0 atom stereocenters. The van der Waals surface area contributed by atoms with Gasteiger partial charge in [-0.25, -0.2) is 4.79 Å². The van der Waals surface area contributed by atoms with Crippen molar-refractivity contribution in [3.05, 3.63) is 85.2 Å². The summed E-state index contributed by atoms with van der Waals surface area (Å²) < 4.78 is 36.4. The first kappa shape index (κ1) is 20.8. The van der Waals surface area contributed by atoms with E-state index in [1.54, 1.807) is 42.5 Å². The Bertz CT molecular complexity index is 1170. The molecule has 2 aromatic heterocycles. The van der Waals surface area contributed by atoms with Crippen LogP contribution in [0.5, 0.6) is 17.4 Å². The van der Waals surface area contributed by atoms with Gasteiger partial charge in [0.1, 0.15) is 11.5 Å². The van der Waals surface area contributed by atoms with Crippen molar-refractivity contribution in [3.63, 3.8) is 0 Å². The highest BCUT2D eigenvalue weighted by Gasteiger charge is 2.08. The van der Waals surface area contributed by atoms with Gasteiger partial charge >= 0.3 is 12.6 Å². The molecule has 0 aliphatic carbocycles. The number of hydrogen-bond donors (Lipinski definition) is 2. The number of hydrogen-bond acceptors (Lipinski definition) is 5. The average molecular weight is 437 g/mol. The first-order chi connectivity index (χ1) is 15.5. The molecule has 4 rings (SSSR count). The van der Waals surface area contributed by atoms with E-state index in [9.17, 15) is 13.6 Å². The summed E-state index contributed by atoms with van der Waals surface area (Å²) >= 11 is 0. The predicted molar refractivity (Wildman–Crippen MR) is 114 cm³/mol. The van der Waals surface area contributed by atoms with Gasteiger partial charge in [0.15, 0.2) is 5.82 Å². The smallest absolute Gasteiger partial charge is 0.387 e. The van der Waals surface area contributed by atoms with E-state index in [0.29, 0.717) is 28.8 Å². The van der Waals surface area contributed by atoms with Crippen LogP contribution in [0.1, 0.15) is 0 Å². The number of anilines is 2. The summed E-state index contributed by atoms with van der Waals surface area (Å²) in [5.74, 6) is 1.45. The van der Waals surface area contributed by atoms with Gasteiger partial charge in [-0.3, -0.25) is 0 Å². The lowest BCUT2D eigenvalue weighted by Gasteiger charge is -2.10. The highest BCUT2D eigenvalue weighted by Crippen LogP contribution is 2.22. The maximum atomic E-state index is 12.3. The Hall–Kier alpha value is -4.47. The number of nitrogens with one attached hydrogen (secondary N) is 2. The van der Waals surface area contributed by atoms with Gasteiger partial charge in [0.2, 0.25) is 5.88 Å². The molecule has 0 aliphatic rings. The molecule has 4 aromatic rings. The third-order valence-corrected chi connectivity index (χ3v) is 4.15. The van der Waals surface area contributed by atoms with Gasteiger partial charge < -0.3 is 24.7 Å². The first-order valence-corrected chi connectivity index (χ1v) is 9.43. The van der Waals surface area contributed by atoms with Gasteiger partial charge in [-0.2, -0.15) is 8.78 Å². The normalized spacial score (nSPS) is 10.6. The van der Waals surface area contributed by atoms with Gasteiger partial charge in [0, 0.05) is 35.9 Å². The summed E-state index contributed by atoms with van der Waals surface area (Å²) in [6, 6.07) is 19.0. The lowest BCUT2D eigenvalue weighted by molar-refractivity contribution is -0.0498. The largest absolute Gasteiger partial charge is 0.438 e. The quantitative estimate of drug-likeness (QED) is 0.409. The zero-order valence-corrected chi connectivity index (χ0v) is 16.5. The molecule has 10 heteroatoms. The maximum Gasteiger partial charge on any atom is 0.387 e. The number of halogens is 2. The molecule has 0 radical (unpaired) electrons. The van der Waals surface area contributed by atoms with Gasteiger partial charge in [0.25, 0.3) is 0 Å². The molecule has 0 unspecified atom stereocenters. The molecular weight excluding hydrogens is 420 g/mol. The lowest BCUT2D eigenvalue weighted by Crippen LogP contribution is -2.19. The number of benzene rings is 2. The van der Waals surface area contributed by atoms with E-state index in [4.69, 9.17) is 4.74 Å². The minimum Gasteiger partial charge on any atom is -0.438 e. The summed E-state index contributed by atoms with van der Waals surface area (Å²) in [5.41, 5.74) is 0.811. The molecule has 2 amide bonds. The molecule has 2 aromatic carbocycles. The Labute approximate surface area is 181 Å². The average Bonchev–Trinajstić information content (AvgIpc) is 3.30. The molecule has 2 heterocycles. The molecule has 8 nitrogen and oxygen atoms in total. The number of rotatable bonds is 7. The van der Waals surface area contributed by atoms with Crippen LogP contribution >= 0.6 is 0 Å². The van der Waals surface area contributed by atoms with E-state index in [2.05, 4.69) is 25.6 Å². The summed E-state index contributed by atoms with van der Waals surface area (Å²) in [5, 5.41) is 13.3. The van der Waals surface area contributed by atoms with Crippen LogP contribution in [-0.4, -0.2) is 27.4 Å². The SMILES string of the molecule is O=C(Nc1ccc(Oc2ccc(-n3cccc3)nn2)cc1)Nc1cccc(OC(F)F)c1. The Morgan fingerprint density at radius 1 is 0.844 bits per heavy atom. The highest BCUT2D eigenvalue weighted by molar-refractivity contribution is 5.99. The van der Waals surface area contributed by atoms with Crippen LogP contribution in [0.3, 0.4) is 0 Å². The third kappa shape index (κ3) is 5.57. The summed E-state index contributed by atoms with van der Waals surface area (Å²) in [4.78, 5) is 12.2. The van der Waals surface area contributed by atoms with Crippen molar-refractivity contribution in [2.24, 2.45) is 0 Å². The van der Waals surface area contributed by atoms with Crippen molar-refractivity contribution in [1.29, 1.82) is 0 Å². The van der Waals surface area contributed by atoms with Crippen LogP contribution < -0.4 is 20.1 Å². The van der Waals surface area contributed by atoms with Gasteiger partial charge in [-0.15, -0.1) is 10.2 Å². The van der Waals surface area contributed by atoms with Crippen LogP contribution in [0.4, 0.5) is 25.0 Å². The minimum absolute atomic E-state index is 0.0520. The van der Waals surface area contributed by atoms with Crippen molar-refractivity contribution < 1.29 is 23.0 Å². The second kappa shape index (κ2) is 9.56. The third-order valence-electron chi connectivity index (χ3n) is 4.15. The zero-order valence-electron chi connectivity index (χ0n) is 16.5.